The van der Waals surface area contributed by atoms with Gasteiger partial charge in [-0.2, -0.15) is 5.10 Å². The summed E-state index contributed by atoms with van der Waals surface area (Å²) in [6, 6.07) is 10.6. The SMILES string of the molecule is Cc1ccc(C(C)C)c(OCC(=O)N/N=C\c2ccc(C)c([N+](=O)[O-])c2)c1. The average Bonchev–Trinajstić information content (AvgIpc) is 2.61. The number of benzene rings is 2. The zero-order valence-corrected chi connectivity index (χ0v) is 15.9. The van der Waals surface area contributed by atoms with Gasteiger partial charge in [0, 0.05) is 17.2 Å². The molecule has 0 atom stereocenters. The number of nitro benzene ring substituents is 1. The summed E-state index contributed by atoms with van der Waals surface area (Å²) < 4.78 is 5.63. The van der Waals surface area contributed by atoms with Crippen LogP contribution in [0.25, 0.3) is 0 Å². The highest BCUT2D eigenvalue weighted by Crippen LogP contribution is 2.27. The van der Waals surface area contributed by atoms with Crippen LogP contribution in [0.15, 0.2) is 41.5 Å². The lowest BCUT2D eigenvalue weighted by atomic mass is 10.0. The van der Waals surface area contributed by atoms with Crippen molar-refractivity contribution >= 4 is 17.8 Å². The standard InChI is InChI=1S/C20H23N3O4/c1-13(2)17-8-5-14(3)9-19(17)27-12-20(24)22-21-11-16-7-6-15(4)18(10-16)23(25)26/h5-11,13H,12H2,1-4H3,(H,22,24)/b21-11-. The molecule has 0 unspecified atom stereocenters. The Kier molecular flexibility index (Phi) is 6.65. The van der Waals surface area contributed by atoms with E-state index in [2.05, 4.69) is 24.4 Å². The second-order valence-corrected chi connectivity index (χ2v) is 6.58. The maximum absolute atomic E-state index is 11.9. The Morgan fingerprint density at radius 2 is 2.00 bits per heavy atom. The van der Waals surface area contributed by atoms with Crippen LogP contribution >= 0.6 is 0 Å². The molecule has 0 aliphatic carbocycles. The van der Waals surface area contributed by atoms with Gasteiger partial charge in [-0.15, -0.1) is 0 Å². The van der Waals surface area contributed by atoms with E-state index in [1.54, 1.807) is 19.1 Å². The largest absolute Gasteiger partial charge is 0.483 e. The molecule has 27 heavy (non-hydrogen) atoms. The summed E-state index contributed by atoms with van der Waals surface area (Å²) in [6.45, 7) is 7.57. The third-order valence-electron chi connectivity index (χ3n) is 3.98. The third kappa shape index (κ3) is 5.64. The topological polar surface area (TPSA) is 93.8 Å². The number of hydrogen-bond acceptors (Lipinski definition) is 5. The van der Waals surface area contributed by atoms with Crippen LogP contribution in [0, 0.1) is 24.0 Å². The van der Waals surface area contributed by atoms with Crippen LogP contribution < -0.4 is 10.2 Å². The quantitative estimate of drug-likeness (QED) is 0.455. The fourth-order valence-electron chi connectivity index (χ4n) is 2.50. The number of nitro groups is 1. The molecule has 0 aromatic heterocycles. The Morgan fingerprint density at radius 1 is 1.26 bits per heavy atom. The zero-order chi connectivity index (χ0) is 20.0. The summed E-state index contributed by atoms with van der Waals surface area (Å²) in [5, 5.41) is 14.8. The van der Waals surface area contributed by atoms with Crippen molar-refractivity contribution in [3.05, 3.63) is 68.8 Å². The number of nitrogens with zero attached hydrogens (tertiary/aromatic N) is 2. The number of hydrazone groups is 1. The minimum absolute atomic E-state index is 0.00859. The molecule has 142 valence electrons. The molecule has 0 bridgehead atoms. The Morgan fingerprint density at radius 3 is 2.67 bits per heavy atom. The number of ether oxygens (including phenoxy) is 1. The van der Waals surface area contributed by atoms with E-state index in [-0.39, 0.29) is 18.2 Å². The highest BCUT2D eigenvalue weighted by molar-refractivity contribution is 5.83. The second kappa shape index (κ2) is 8.93. The van der Waals surface area contributed by atoms with E-state index in [0.29, 0.717) is 16.9 Å². The molecule has 0 aliphatic heterocycles. The molecule has 2 aromatic rings. The molecule has 0 saturated heterocycles. The predicted molar refractivity (Wildman–Crippen MR) is 104 cm³/mol. The first-order valence-electron chi connectivity index (χ1n) is 8.58. The van der Waals surface area contributed by atoms with Crippen molar-refractivity contribution in [1.82, 2.24) is 5.43 Å². The molecular formula is C20H23N3O4. The Bertz CT molecular complexity index is 876. The van der Waals surface area contributed by atoms with Gasteiger partial charge in [-0.05, 0) is 37.0 Å². The molecule has 0 saturated carbocycles. The molecule has 1 amide bonds. The zero-order valence-electron chi connectivity index (χ0n) is 15.9. The van der Waals surface area contributed by atoms with Gasteiger partial charge in [0.2, 0.25) is 0 Å². The molecule has 1 N–H and O–H groups in total. The number of aryl methyl sites for hydroxylation is 2. The normalized spacial score (nSPS) is 11.0. The van der Waals surface area contributed by atoms with Crippen LogP contribution in [-0.2, 0) is 4.79 Å². The minimum atomic E-state index is -0.451. The summed E-state index contributed by atoms with van der Waals surface area (Å²) in [7, 11) is 0. The van der Waals surface area contributed by atoms with E-state index in [1.165, 1.54) is 12.3 Å². The molecule has 0 fully saturated rings. The Hall–Kier alpha value is -3.22. The predicted octanol–water partition coefficient (Wildman–Crippen LogP) is 3.86. The number of amides is 1. The average molecular weight is 369 g/mol. The molecule has 0 radical (unpaired) electrons. The number of hydrogen-bond donors (Lipinski definition) is 1. The Balaban J connectivity index is 1.96. The van der Waals surface area contributed by atoms with Crippen LogP contribution in [0.3, 0.4) is 0 Å². The van der Waals surface area contributed by atoms with Gasteiger partial charge in [0.25, 0.3) is 11.6 Å². The van der Waals surface area contributed by atoms with Gasteiger partial charge < -0.3 is 4.74 Å². The van der Waals surface area contributed by atoms with Crippen molar-refractivity contribution in [3.8, 4) is 5.75 Å². The fourth-order valence-corrected chi connectivity index (χ4v) is 2.50. The van der Waals surface area contributed by atoms with Crippen LogP contribution in [-0.4, -0.2) is 23.7 Å². The van der Waals surface area contributed by atoms with Crippen LogP contribution in [0.2, 0.25) is 0 Å². The molecule has 0 aliphatic rings. The first-order chi connectivity index (χ1) is 12.8. The van der Waals surface area contributed by atoms with Crippen LogP contribution in [0.5, 0.6) is 5.75 Å². The number of carbonyl (C=O) groups is 1. The number of carbonyl (C=O) groups excluding carboxylic acids is 1. The van der Waals surface area contributed by atoms with Gasteiger partial charge in [0.05, 0.1) is 11.1 Å². The minimum Gasteiger partial charge on any atom is -0.483 e. The lowest BCUT2D eigenvalue weighted by molar-refractivity contribution is -0.385. The first kappa shape index (κ1) is 20.1. The third-order valence-corrected chi connectivity index (χ3v) is 3.98. The van der Waals surface area contributed by atoms with Gasteiger partial charge in [0.1, 0.15) is 5.75 Å². The summed E-state index contributed by atoms with van der Waals surface area (Å²) in [4.78, 5) is 22.4. The van der Waals surface area contributed by atoms with E-state index in [4.69, 9.17) is 4.74 Å². The second-order valence-electron chi connectivity index (χ2n) is 6.58. The van der Waals surface area contributed by atoms with Gasteiger partial charge in [-0.25, -0.2) is 5.43 Å². The molecule has 2 aromatic carbocycles. The van der Waals surface area contributed by atoms with Crippen LogP contribution in [0.4, 0.5) is 5.69 Å². The van der Waals surface area contributed by atoms with E-state index < -0.39 is 10.8 Å². The maximum atomic E-state index is 11.9. The smallest absolute Gasteiger partial charge is 0.277 e. The highest BCUT2D eigenvalue weighted by Gasteiger charge is 2.11. The molecule has 7 nitrogen and oxygen atoms in total. The fraction of sp³-hybridized carbons (Fsp3) is 0.300. The summed E-state index contributed by atoms with van der Waals surface area (Å²) >= 11 is 0. The van der Waals surface area contributed by atoms with E-state index in [0.717, 1.165) is 11.1 Å². The summed E-state index contributed by atoms with van der Waals surface area (Å²) in [6.07, 6.45) is 1.36. The molecular weight excluding hydrogens is 346 g/mol. The van der Waals surface area contributed by atoms with Crippen molar-refractivity contribution in [1.29, 1.82) is 0 Å². The molecule has 2 rings (SSSR count). The van der Waals surface area contributed by atoms with Crippen molar-refractivity contribution in [2.45, 2.75) is 33.6 Å². The monoisotopic (exact) mass is 369 g/mol. The van der Waals surface area contributed by atoms with Gasteiger partial charge >= 0.3 is 0 Å². The highest BCUT2D eigenvalue weighted by atomic mass is 16.6. The van der Waals surface area contributed by atoms with Crippen molar-refractivity contribution in [2.24, 2.45) is 5.10 Å². The summed E-state index contributed by atoms with van der Waals surface area (Å²) in [5.41, 5.74) is 5.54. The van der Waals surface area contributed by atoms with Crippen LogP contribution in [0.1, 0.15) is 42.0 Å². The lowest BCUT2D eigenvalue weighted by Gasteiger charge is -2.14. The van der Waals surface area contributed by atoms with Crippen molar-refractivity contribution < 1.29 is 14.5 Å². The van der Waals surface area contributed by atoms with Crippen molar-refractivity contribution in [3.63, 3.8) is 0 Å². The Labute approximate surface area is 158 Å². The van der Waals surface area contributed by atoms with Gasteiger partial charge in [0.15, 0.2) is 6.61 Å². The molecule has 7 heteroatoms. The number of rotatable bonds is 7. The number of nitrogens with one attached hydrogen (secondary N) is 1. The first-order valence-corrected chi connectivity index (χ1v) is 8.58. The van der Waals surface area contributed by atoms with E-state index in [9.17, 15) is 14.9 Å². The van der Waals surface area contributed by atoms with Gasteiger partial charge in [-0.3, -0.25) is 14.9 Å². The maximum Gasteiger partial charge on any atom is 0.277 e. The molecule has 0 spiro atoms. The van der Waals surface area contributed by atoms with E-state index >= 15 is 0 Å². The van der Waals surface area contributed by atoms with Crippen molar-refractivity contribution in [2.75, 3.05) is 6.61 Å². The van der Waals surface area contributed by atoms with E-state index in [1.807, 2.05) is 25.1 Å². The lowest BCUT2D eigenvalue weighted by Crippen LogP contribution is -2.25. The van der Waals surface area contributed by atoms with Gasteiger partial charge in [-0.1, -0.05) is 38.1 Å². The summed E-state index contributed by atoms with van der Waals surface area (Å²) in [5.74, 6) is 0.543. The molecule has 0 heterocycles.